The molecule has 1 heterocycles. The van der Waals surface area contributed by atoms with E-state index in [1.165, 1.54) is 23.9 Å². The van der Waals surface area contributed by atoms with Crippen LogP contribution in [0.25, 0.3) is 0 Å². The van der Waals surface area contributed by atoms with E-state index in [1.807, 2.05) is 6.92 Å². The largest absolute Gasteiger partial charge is 0.440 e. The van der Waals surface area contributed by atoms with E-state index in [-0.39, 0.29) is 11.4 Å². The Morgan fingerprint density at radius 2 is 2.33 bits per heavy atom. The predicted octanol–water partition coefficient (Wildman–Crippen LogP) is 2.77. The lowest BCUT2D eigenvalue weighted by atomic mass is 10.2. The molecule has 0 aliphatic carbocycles. The Kier molecular flexibility index (Phi) is 3.52. The van der Waals surface area contributed by atoms with Crippen molar-refractivity contribution >= 4 is 23.1 Å². The Labute approximate surface area is 107 Å². The predicted molar refractivity (Wildman–Crippen MR) is 68.3 cm³/mol. The first-order valence-electron chi connectivity index (χ1n) is 5.14. The highest BCUT2D eigenvalue weighted by molar-refractivity contribution is 7.98. The number of anilines is 1. The summed E-state index contributed by atoms with van der Waals surface area (Å²) in [5, 5.41) is 11.3. The number of benzene rings is 1. The number of hydrogen-bond acceptors (Lipinski definition) is 6. The van der Waals surface area contributed by atoms with Gasteiger partial charge in [-0.05, 0) is 18.6 Å². The van der Waals surface area contributed by atoms with Crippen molar-refractivity contribution in [3.8, 4) is 0 Å². The molecule has 94 valence electrons. The molecule has 0 saturated heterocycles. The number of thioether (sulfide) groups is 1. The third kappa shape index (κ3) is 2.80. The van der Waals surface area contributed by atoms with Crippen molar-refractivity contribution in [1.82, 2.24) is 4.98 Å². The highest BCUT2D eigenvalue weighted by atomic mass is 32.2. The molecule has 2 N–H and O–H groups in total. The van der Waals surface area contributed by atoms with Gasteiger partial charge in [0.15, 0.2) is 0 Å². The van der Waals surface area contributed by atoms with E-state index < -0.39 is 4.92 Å². The van der Waals surface area contributed by atoms with Gasteiger partial charge in [0.1, 0.15) is 12.0 Å². The minimum Gasteiger partial charge on any atom is -0.440 e. The number of hydrogen-bond donors (Lipinski definition) is 1. The van der Waals surface area contributed by atoms with E-state index in [0.717, 1.165) is 11.3 Å². The fourth-order valence-corrected chi connectivity index (χ4v) is 2.18. The molecule has 18 heavy (non-hydrogen) atoms. The number of nitrogen functional groups attached to an aromatic ring is 1. The van der Waals surface area contributed by atoms with Crippen LogP contribution in [0.1, 0.15) is 11.3 Å². The fraction of sp³-hybridized carbons (Fsp3) is 0.182. The molecule has 0 aliphatic heterocycles. The lowest BCUT2D eigenvalue weighted by Gasteiger charge is -2.01. The van der Waals surface area contributed by atoms with Gasteiger partial charge in [0, 0.05) is 11.8 Å². The van der Waals surface area contributed by atoms with Gasteiger partial charge in [0.05, 0.1) is 10.6 Å². The maximum atomic E-state index is 10.7. The molecule has 0 radical (unpaired) electrons. The number of rotatable bonds is 4. The average molecular weight is 265 g/mol. The maximum absolute atomic E-state index is 10.7. The summed E-state index contributed by atoms with van der Waals surface area (Å²) >= 11 is 1.38. The van der Waals surface area contributed by atoms with Crippen LogP contribution in [0.15, 0.2) is 34.1 Å². The molecule has 0 unspecified atom stereocenters. The third-order valence-electron chi connectivity index (χ3n) is 2.25. The molecule has 2 rings (SSSR count). The Bertz CT molecular complexity index is 583. The summed E-state index contributed by atoms with van der Waals surface area (Å²) in [6, 6.07) is 4.76. The van der Waals surface area contributed by atoms with Crippen molar-refractivity contribution in [3.63, 3.8) is 0 Å². The Morgan fingerprint density at radius 3 is 2.94 bits per heavy atom. The van der Waals surface area contributed by atoms with E-state index in [1.54, 1.807) is 12.3 Å². The van der Waals surface area contributed by atoms with Gasteiger partial charge in [-0.3, -0.25) is 10.1 Å². The topological polar surface area (TPSA) is 95.2 Å². The van der Waals surface area contributed by atoms with Crippen molar-refractivity contribution in [3.05, 3.63) is 45.8 Å². The number of nitrogens with zero attached hydrogens (tertiary/aromatic N) is 2. The molecule has 0 saturated carbocycles. The van der Waals surface area contributed by atoms with Crippen LogP contribution >= 0.6 is 11.8 Å². The first-order valence-corrected chi connectivity index (χ1v) is 6.12. The molecule has 0 amide bonds. The summed E-state index contributed by atoms with van der Waals surface area (Å²) < 4.78 is 5.18. The molecule has 0 aliphatic rings. The Balaban J connectivity index is 2.10. The lowest BCUT2D eigenvalue weighted by Crippen LogP contribution is -1.96. The van der Waals surface area contributed by atoms with E-state index in [9.17, 15) is 10.1 Å². The number of aryl methyl sites for hydroxylation is 1. The first-order chi connectivity index (χ1) is 8.56. The van der Waals surface area contributed by atoms with E-state index >= 15 is 0 Å². The molecular formula is C11H11N3O3S. The summed E-state index contributed by atoms with van der Waals surface area (Å²) in [6.07, 6.45) is 1.56. The van der Waals surface area contributed by atoms with Crippen LogP contribution in [-0.4, -0.2) is 9.91 Å². The zero-order chi connectivity index (χ0) is 13.1. The zero-order valence-electron chi connectivity index (χ0n) is 9.62. The van der Waals surface area contributed by atoms with E-state index in [2.05, 4.69) is 4.98 Å². The van der Waals surface area contributed by atoms with Crippen molar-refractivity contribution in [2.24, 2.45) is 0 Å². The SMILES string of the molecule is Cc1coc(SCc2ccc(N)c([N+](=O)[O-])c2)n1. The summed E-state index contributed by atoms with van der Waals surface area (Å²) in [4.78, 5) is 14.4. The van der Waals surface area contributed by atoms with Crippen molar-refractivity contribution in [1.29, 1.82) is 0 Å². The third-order valence-corrected chi connectivity index (χ3v) is 3.16. The van der Waals surface area contributed by atoms with Gasteiger partial charge >= 0.3 is 0 Å². The first kappa shape index (κ1) is 12.4. The van der Waals surface area contributed by atoms with Gasteiger partial charge in [0.25, 0.3) is 10.9 Å². The second kappa shape index (κ2) is 5.09. The monoisotopic (exact) mass is 265 g/mol. The summed E-state index contributed by atoms with van der Waals surface area (Å²) in [6.45, 7) is 1.83. The standard InChI is InChI=1S/C11H11N3O3S/c1-7-5-17-11(13-7)18-6-8-2-3-9(12)10(4-8)14(15)16/h2-5H,6,12H2,1H3. The van der Waals surface area contributed by atoms with Crippen LogP contribution in [0.3, 0.4) is 0 Å². The minimum atomic E-state index is -0.487. The maximum Gasteiger partial charge on any atom is 0.292 e. The normalized spacial score (nSPS) is 10.5. The van der Waals surface area contributed by atoms with Gasteiger partial charge in [-0.15, -0.1) is 0 Å². The van der Waals surface area contributed by atoms with Gasteiger partial charge in [-0.1, -0.05) is 17.8 Å². The zero-order valence-corrected chi connectivity index (χ0v) is 10.4. The lowest BCUT2D eigenvalue weighted by molar-refractivity contribution is -0.383. The molecule has 7 heteroatoms. The molecule has 0 bridgehead atoms. The Morgan fingerprint density at radius 1 is 1.56 bits per heavy atom. The highest BCUT2D eigenvalue weighted by Gasteiger charge is 2.12. The van der Waals surface area contributed by atoms with Crippen LogP contribution in [-0.2, 0) is 5.75 Å². The molecule has 0 spiro atoms. The van der Waals surface area contributed by atoms with Crippen LogP contribution in [0.2, 0.25) is 0 Å². The molecule has 0 atom stereocenters. The molecular weight excluding hydrogens is 254 g/mol. The van der Waals surface area contributed by atoms with Gasteiger partial charge < -0.3 is 10.2 Å². The van der Waals surface area contributed by atoms with Crippen LogP contribution in [0.5, 0.6) is 0 Å². The van der Waals surface area contributed by atoms with Gasteiger partial charge in [-0.25, -0.2) is 4.98 Å². The summed E-state index contributed by atoms with van der Waals surface area (Å²) in [5.74, 6) is 0.543. The highest BCUT2D eigenvalue weighted by Crippen LogP contribution is 2.27. The smallest absolute Gasteiger partial charge is 0.292 e. The summed E-state index contributed by atoms with van der Waals surface area (Å²) in [7, 11) is 0. The van der Waals surface area contributed by atoms with Crippen molar-refractivity contribution < 1.29 is 9.34 Å². The van der Waals surface area contributed by atoms with Gasteiger partial charge in [0.2, 0.25) is 0 Å². The number of nitro groups is 1. The number of oxazole rings is 1. The molecule has 2 aromatic rings. The minimum absolute atomic E-state index is 0.0725. The molecule has 6 nitrogen and oxygen atoms in total. The van der Waals surface area contributed by atoms with E-state index in [4.69, 9.17) is 10.2 Å². The van der Waals surface area contributed by atoms with Crippen molar-refractivity contribution in [2.45, 2.75) is 17.9 Å². The van der Waals surface area contributed by atoms with Gasteiger partial charge in [-0.2, -0.15) is 0 Å². The van der Waals surface area contributed by atoms with Crippen molar-refractivity contribution in [2.75, 3.05) is 5.73 Å². The second-order valence-electron chi connectivity index (χ2n) is 3.69. The number of nitrogens with two attached hydrogens (primary N) is 1. The second-order valence-corrected chi connectivity index (χ2v) is 4.62. The number of aromatic nitrogens is 1. The summed E-state index contributed by atoms with van der Waals surface area (Å²) in [5.41, 5.74) is 7.23. The number of nitro benzene ring substituents is 1. The van der Waals surface area contributed by atoms with Crippen LogP contribution in [0, 0.1) is 17.0 Å². The average Bonchev–Trinajstić information content (AvgIpc) is 2.74. The van der Waals surface area contributed by atoms with E-state index in [0.29, 0.717) is 11.0 Å². The quantitative estimate of drug-likeness (QED) is 0.395. The Hall–Kier alpha value is -2.02. The molecule has 1 aromatic heterocycles. The van der Waals surface area contributed by atoms with Crippen LogP contribution < -0.4 is 5.73 Å². The van der Waals surface area contributed by atoms with Crippen LogP contribution in [0.4, 0.5) is 11.4 Å². The molecule has 0 fully saturated rings. The fourth-order valence-electron chi connectivity index (χ4n) is 1.38. The molecule has 1 aromatic carbocycles.